The third kappa shape index (κ3) is 3.22. The van der Waals surface area contributed by atoms with Gasteiger partial charge in [-0.3, -0.25) is 9.59 Å². The van der Waals surface area contributed by atoms with Crippen LogP contribution in [0.15, 0.2) is 97.1 Å². The lowest BCUT2D eigenvalue weighted by Gasteiger charge is -2.25. The van der Waals surface area contributed by atoms with E-state index in [0.717, 1.165) is 5.56 Å². The minimum absolute atomic E-state index is 0.214. The van der Waals surface area contributed by atoms with Crippen LogP contribution in [0.2, 0.25) is 0 Å². The van der Waals surface area contributed by atoms with Crippen molar-refractivity contribution in [2.45, 2.75) is 12.1 Å². The molecule has 3 aromatic rings. The number of hydrogen-bond donors (Lipinski definition) is 2. The first-order chi connectivity index (χ1) is 14.0. The maximum atomic E-state index is 13.3. The zero-order chi connectivity index (χ0) is 20.4. The van der Waals surface area contributed by atoms with Crippen LogP contribution in [0.4, 0.5) is 11.4 Å². The van der Waals surface area contributed by atoms with Gasteiger partial charge in [-0.1, -0.05) is 73.3 Å². The smallest absolute Gasteiger partial charge is 0.268 e. The lowest BCUT2D eigenvalue weighted by Crippen LogP contribution is -2.44. The Balaban J connectivity index is 1.68. The van der Waals surface area contributed by atoms with Crippen molar-refractivity contribution in [2.24, 2.45) is 0 Å². The minimum Gasteiger partial charge on any atom is -0.372 e. The number of aliphatic hydroxyl groups is 1. The maximum absolute atomic E-state index is 13.3. The van der Waals surface area contributed by atoms with Crippen molar-refractivity contribution < 1.29 is 14.7 Å². The van der Waals surface area contributed by atoms with E-state index >= 15 is 0 Å². The van der Waals surface area contributed by atoms with Crippen LogP contribution in [-0.4, -0.2) is 16.9 Å². The molecule has 0 radical (unpaired) electrons. The van der Waals surface area contributed by atoms with E-state index in [1.807, 2.05) is 36.4 Å². The van der Waals surface area contributed by atoms with Crippen molar-refractivity contribution in [1.82, 2.24) is 0 Å². The molecule has 3 aromatic carbocycles. The van der Waals surface area contributed by atoms with E-state index in [1.54, 1.807) is 48.5 Å². The van der Waals surface area contributed by atoms with E-state index in [2.05, 4.69) is 11.9 Å². The van der Waals surface area contributed by atoms with Gasteiger partial charge < -0.3 is 15.3 Å². The number of carbonyl (C=O) groups excluding carboxylic acids is 2. The fourth-order valence-corrected chi connectivity index (χ4v) is 3.54. The van der Waals surface area contributed by atoms with Crippen LogP contribution in [0.5, 0.6) is 0 Å². The molecule has 1 aliphatic rings. The fraction of sp³-hybridized carbons (Fsp3) is 0.0833. The highest BCUT2D eigenvalue weighted by atomic mass is 16.3. The largest absolute Gasteiger partial charge is 0.372 e. The van der Waals surface area contributed by atoms with Crippen LogP contribution in [-0.2, 0) is 21.7 Å². The zero-order valence-corrected chi connectivity index (χ0v) is 15.7. The van der Waals surface area contributed by atoms with Crippen molar-refractivity contribution in [3.05, 3.63) is 108 Å². The fourth-order valence-electron chi connectivity index (χ4n) is 3.54. The second-order valence-electron chi connectivity index (χ2n) is 6.90. The van der Waals surface area contributed by atoms with Gasteiger partial charge in [0, 0.05) is 11.3 Å². The molecule has 1 aliphatic heterocycles. The SMILES string of the molecule is C=C(C(=O)Nc1ccccc1)C1(O)C(=O)N(Cc2ccccc2)c2ccccc21. The van der Waals surface area contributed by atoms with E-state index in [0.29, 0.717) is 16.9 Å². The summed E-state index contributed by atoms with van der Waals surface area (Å²) in [7, 11) is 0. The summed E-state index contributed by atoms with van der Waals surface area (Å²) in [5.41, 5.74) is 0.0620. The molecule has 2 amide bonds. The molecular formula is C24H20N2O3. The number of para-hydroxylation sites is 2. The molecule has 5 nitrogen and oxygen atoms in total. The first-order valence-electron chi connectivity index (χ1n) is 9.25. The molecular weight excluding hydrogens is 364 g/mol. The summed E-state index contributed by atoms with van der Waals surface area (Å²) < 4.78 is 0. The summed E-state index contributed by atoms with van der Waals surface area (Å²) >= 11 is 0. The first-order valence-corrected chi connectivity index (χ1v) is 9.25. The Morgan fingerprint density at radius 3 is 2.21 bits per heavy atom. The van der Waals surface area contributed by atoms with Gasteiger partial charge >= 0.3 is 0 Å². The molecule has 0 fully saturated rings. The van der Waals surface area contributed by atoms with Gasteiger partial charge in [0.1, 0.15) is 0 Å². The molecule has 0 bridgehead atoms. The number of rotatable bonds is 5. The molecule has 0 saturated heterocycles. The lowest BCUT2D eigenvalue weighted by atomic mass is 9.87. The van der Waals surface area contributed by atoms with Crippen molar-refractivity contribution in [3.63, 3.8) is 0 Å². The second-order valence-corrected chi connectivity index (χ2v) is 6.90. The number of anilines is 2. The molecule has 1 heterocycles. The molecule has 0 spiro atoms. The van der Waals surface area contributed by atoms with Crippen LogP contribution in [0.25, 0.3) is 0 Å². The minimum atomic E-state index is -2.12. The average Bonchev–Trinajstić information content (AvgIpc) is 2.97. The number of nitrogens with zero attached hydrogens (tertiary/aromatic N) is 1. The molecule has 1 unspecified atom stereocenters. The Labute approximate surface area is 168 Å². The summed E-state index contributed by atoms with van der Waals surface area (Å²) in [5, 5.41) is 14.1. The lowest BCUT2D eigenvalue weighted by molar-refractivity contribution is -0.135. The van der Waals surface area contributed by atoms with Crippen LogP contribution in [0.1, 0.15) is 11.1 Å². The highest BCUT2D eigenvalue weighted by Crippen LogP contribution is 2.44. The molecule has 29 heavy (non-hydrogen) atoms. The zero-order valence-electron chi connectivity index (χ0n) is 15.7. The summed E-state index contributed by atoms with van der Waals surface area (Å²) in [6.45, 7) is 4.07. The molecule has 144 valence electrons. The molecule has 4 rings (SSSR count). The number of carbonyl (C=O) groups is 2. The van der Waals surface area contributed by atoms with Gasteiger partial charge in [-0.2, -0.15) is 0 Å². The highest BCUT2D eigenvalue weighted by molar-refractivity contribution is 6.17. The van der Waals surface area contributed by atoms with Gasteiger partial charge in [-0.25, -0.2) is 0 Å². The Hall–Kier alpha value is -3.70. The summed E-state index contributed by atoms with van der Waals surface area (Å²) in [4.78, 5) is 27.6. The predicted molar refractivity (Wildman–Crippen MR) is 112 cm³/mol. The second kappa shape index (κ2) is 7.37. The first kappa shape index (κ1) is 18.7. The van der Waals surface area contributed by atoms with Crippen LogP contribution in [0, 0.1) is 0 Å². The third-order valence-corrected chi connectivity index (χ3v) is 5.07. The standard InChI is InChI=1S/C24H20N2O3/c1-17(22(27)25-19-12-6-3-7-13-19)24(29)20-14-8-9-15-21(20)26(23(24)28)16-18-10-4-2-5-11-18/h2-15,29H,1,16H2,(H,25,27). The van der Waals surface area contributed by atoms with E-state index in [4.69, 9.17) is 0 Å². The van der Waals surface area contributed by atoms with Gasteiger partial charge in [0.25, 0.3) is 11.8 Å². The Morgan fingerprint density at radius 1 is 0.931 bits per heavy atom. The van der Waals surface area contributed by atoms with Gasteiger partial charge in [0.05, 0.1) is 17.8 Å². The summed E-state index contributed by atoms with van der Waals surface area (Å²) in [5.74, 6) is -1.20. The van der Waals surface area contributed by atoms with Crippen molar-refractivity contribution in [3.8, 4) is 0 Å². The molecule has 1 atom stereocenters. The normalized spacial score (nSPS) is 17.7. The average molecular weight is 384 g/mol. The monoisotopic (exact) mass is 384 g/mol. The number of amides is 2. The Kier molecular flexibility index (Phi) is 4.74. The van der Waals surface area contributed by atoms with Crippen LogP contribution >= 0.6 is 0 Å². The number of benzene rings is 3. The molecule has 5 heteroatoms. The number of nitrogens with one attached hydrogen (secondary N) is 1. The van der Waals surface area contributed by atoms with Crippen LogP contribution < -0.4 is 10.2 Å². The molecule has 0 aromatic heterocycles. The van der Waals surface area contributed by atoms with E-state index in [9.17, 15) is 14.7 Å². The molecule has 0 aliphatic carbocycles. The predicted octanol–water partition coefficient (Wildman–Crippen LogP) is 3.62. The quantitative estimate of drug-likeness (QED) is 0.660. The Morgan fingerprint density at radius 2 is 1.52 bits per heavy atom. The van der Waals surface area contributed by atoms with Crippen molar-refractivity contribution in [2.75, 3.05) is 10.2 Å². The van der Waals surface area contributed by atoms with Gasteiger partial charge in [0.2, 0.25) is 5.60 Å². The number of hydrogen-bond acceptors (Lipinski definition) is 3. The van der Waals surface area contributed by atoms with Gasteiger partial charge in [-0.15, -0.1) is 0 Å². The summed E-state index contributed by atoms with van der Waals surface area (Å²) in [6.07, 6.45) is 0. The maximum Gasteiger partial charge on any atom is 0.268 e. The molecule has 0 saturated carbocycles. The van der Waals surface area contributed by atoms with E-state index in [-0.39, 0.29) is 12.1 Å². The topological polar surface area (TPSA) is 69.6 Å². The van der Waals surface area contributed by atoms with Crippen molar-refractivity contribution >= 4 is 23.2 Å². The van der Waals surface area contributed by atoms with Crippen molar-refractivity contribution in [1.29, 1.82) is 0 Å². The van der Waals surface area contributed by atoms with Gasteiger partial charge in [-0.05, 0) is 23.8 Å². The molecule has 2 N–H and O–H groups in total. The van der Waals surface area contributed by atoms with E-state index < -0.39 is 17.4 Å². The van der Waals surface area contributed by atoms with Gasteiger partial charge in [0.15, 0.2) is 0 Å². The van der Waals surface area contributed by atoms with Crippen LogP contribution in [0.3, 0.4) is 0 Å². The number of fused-ring (bicyclic) bond motifs is 1. The summed E-state index contributed by atoms with van der Waals surface area (Å²) in [6, 6.07) is 25.3. The Bertz CT molecular complexity index is 1080. The van der Waals surface area contributed by atoms with E-state index in [1.165, 1.54) is 4.90 Å². The third-order valence-electron chi connectivity index (χ3n) is 5.07. The highest BCUT2D eigenvalue weighted by Gasteiger charge is 2.53.